The van der Waals surface area contributed by atoms with E-state index in [4.69, 9.17) is 0 Å². The zero-order chi connectivity index (χ0) is 15.9. The molecule has 0 atom stereocenters. The second-order valence-corrected chi connectivity index (χ2v) is 5.28. The molecule has 1 heterocycles. The molecule has 0 aliphatic carbocycles. The van der Waals surface area contributed by atoms with Crippen molar-refractivity contribution in [3.05, 3.63) is 59.9 Å². The number of Topliss-reactive ketones (excluding diaryl/α,β-unsaturated/α-hetero) is 1. The standard InChI is InChI=1S/C18H20N2O2/c1-3-6-15-9-11-20(12-10-15)13-18(22)19-17-8-5-4-7-16(17)14(2)21/h4-5,7-12H,3,6,13H2,1-2H3/p+1. The van der Waals surface area contributed by atoms with Gasteiger partial charge in [0.15, 0.2) is 18.2 Å². The number of carbonyl (C=O) groups is 2. The number of hydrogen-bond acceptors (Lipinski definition) is 2. The van der Waals surface area contributed by atoms with E-state index in [1.165, 1.54) is 12.5 Å². The van der Waals surface area contributed by atoms with Crippen LogP contribution in [0.1, 0.15) is 36.2 Å². The molecule has 4 nitrogen and oxygen atoms in total. The van der Waals surface area contributed by atoms with Crippen molar-refractivity contribution >= 4 is 17.4 Å². The lowest BCUT2D eigenvalue weighted by Crippen LogP contribution is -2.39. The molecular weight excluding hydrogens is 276 g/mol. The first kappa shape index (κ1) is 15.9. The topological polar surface area (TPSA) is 50.0 Å². The third-order valence-electron chi connectivity index (χ3n) is 3.41. The number of hydrogen-bond donors (Lipinski definition) is 1. The predicted octanol–water partition coefficient (Wildman–Crippen LogP) is 2.77. The Bertz CT molecular complexity index is 663. The third-order valence-corrected chi connectivity index (χ3v) is 3.41. The Morgan fingerprint density at radius 1 is 1.09 bits per heavy atom. The van der Waals surface area contributed by atoms with E-state index >= 15 is 0 Å². The van der Waals surface area contributed by atoms with Gasteiger partial charge in [0.1, 0.15) is 0 Å². The summed E-state index contributed by atoms with van der Waals surface area (Å²) in [5.74, 6) is -0.214. The Hall–Kier alpha value is -2.49. The van der Waals surface area contributed by atoms with Gasteiger partial charge in [0.05, 0.1) is 5.69 Å². The molecule has 2 rings (SSSR count). The molecule has 0 spiro atoms. The zero-order valence-corrected chi connectivity index (χ0v) is 13.0. The molecular formula is C18H21N2O2+. The van der Waals surface area contributed by atoms with Crippen molar-refractivity contribution in [2.45, 2.75) is 33.2 Å². The minimum atomic E-state index is -0.151. The van der Waals surface area contributed by atoms with E-state index in [0.29, 0.717) is 11.3 Å². The molecule has 0 saturated heterocycles. The monoisotopic (exact) mass is 297 g/mol. The molecule has 1 aromatic heterocycles. The van der Waals surface area contributed by atoms with Gasteiger partial charge in [-0.05, 0) is 31.0 Å². The van der Waals surface area contributed by atoms with Crippen LogP contribution in [0.5, 0.6) is 0 Å². The molecule has 2 aromatic rings. The number of anilines is 1. The zero-order valence-electron chi connectivity index (χ0n) is 13.0. The van der Waals surface area contributed by atoms with Gasteiger partial charge in [-0.3, -0.25) is 9.59 Å². The second kappa shape index (κ2) is 7.50. The molecule has 22 heavy (non-hydrogen) atoms. The molecule has 0 fully saturated rings. The molecule has 114 valence electrons. The number of carbonyl (C=O) groups excluding carboxylic acids is 2. The Labute approximate surface area is 130 Å². The number of ketones is 1. The SMILES string of the molecule is CCCc1cc[n+](CC(=O)Nc2ccccc2C(C)=O)cc1. The summed E-state index contributed by atoms with van der Waals surface area (Å²) < 4.78 is 1.82. The van der Waals surface area contributed by atoms with E-state index in [1.807, 2.05) is 29.1 Å². The highest BCUT2D eigenvalue weighted by Crippen LogP contribution is 2.15. The first-order valence-corrected chi connectivity index (χ1v) is 7.48. The number of para-hydroxylation sites is 1. The quantitative estimate of drug-likeness (QED) is 0.658. The summed E-state index contributed by atoms with van der Waals surface area (Å²) in [6.07, 6.45) is 5.95. The maximum Gasteiger partial charge on any atom is 0.290 e. The summed E-state index contributed by atoms with van der Waals surface area (Å²) >= 11 is 0. The van der Waals surface area contributed by atoms with Crippen molar-refractivity contribution in [1.82, 2.24) is 0 Å². The number of benzene rings is 1. The van der Waals surface area contributed by atoms with Crippen molar-refractivity contribution in [3.8, 4) is 0 Å². The fourth-order valence-corrected chi connectivity index (χ4v) is 2.30. The van der Waals surface area contributed by atoms with Gasteiger partial charge in [0, 0.05) is 17.7 Å². The average Bonchev–Trinajstić information content (AvgIpc) is 2.50. The summed E-state index contributed by atoms with van der Waals surface area (Å²) in [5.41, 5.74) is 2.35. The van der Waals surface area contributed by atoms with E-state index in [1.54, 1.807) is 24.3 Å². The van der Waals surface area contributed by atoms with E-state index < -0.39 is 0 Å². The summed E-state index contributed by atoms with van der Waals surface area (Å²) in [7, 11) is 0. The van der Waals surface area contributed by atoms with Crippen molar-refractivity contribution in [2.75, 3.05) is 5.32 Å². The van der Waals surface area contributed by atoms with Gasteiger partial charge in [-0.25, -0.2) is 0 Å². The molecule has 0 radical (unpaired) electrons. The highest BCUT2D eigenvalue weighted by Gasteiger charge is 2.13. The van der Waals surface area contributed by atoms with Gasteiger partial charge in [0.25, 0.3) is 5.91 Å². The summed E-state index contributed by atoms with van der Waals surface area (Å²) in [6.45, 7) is 3.85. The first-order chi connectivity index (χ1) is 10.6. The van der Waals surface area contributed by atoms with Gasteiger partial charge in [-0.15, -0.1) is 0 Å². The molecule has 0 aliphatic rings. The molecule has 1 aromatic carbocycles. The average molecular weight is 297 g/mol. The lowest BCUT2D eigenvalue weighted by molar-refractivity contribution is -0.684. The minimum Gasteiger partial charge on any atom is -0.320 e. The van der Waals surface area contributed by atoms with Gasteiger partial charge < -0.3 is 5.32 Å². The van der Waals surface area contributed by atoms with Crippen LogP contribution in [0.15, 0.2) is 48.8 Å². The summed E-state index contributed by atoms with van der Waals surface area (Å²) in [6, 6.07) is 11.1. The smallest absolute Gasteiger partial charge is 0.290 e. The van der Waals surface area contributed by atoms with E-state index in [2.05, 4.69) is 12.2 Å². The lowest BCUT2D eigenvalue weighted by atomic mass is 10.1. The van der Waals surface area contributed by atoms with E-state index in [-0.39, 0.29) is 18.2 Å². The van der Waals surface area contributed by atoms with Crippen LogP contribution in [0.3, 0.4) is 0 Å². The molecule has 0 unspecified atom stereocenters. The van der Waals surface area contributed by atoms with E-state index in [9.17, 15) is 9.59 Å². The fourth-order valence-electron chi connectivity index (χ4n) is 2.30. The number of rotatable bonds is 6. The Morgan fingerprint density at radius 2 is 1.77 bits per heavy atom. The van der Waals surface area contributed by atoms with Gasteiger partial charge in [0.2, 0.25) is 6.54 Å². The molecule has 1 amide bonds. The fraction of sp³-hybridized carbons (Fsp3) is 0.278. The van der Waals surface area contributed by atoms with Crippen molar-refractivity contribution in [3.63, 3.8) is 0 Å². The van der Waals surface area contributed by atoms with Gasteiger partial charge >= 0.3 is 0 Å². The molecule has 0 bridgehead atoms. The highest BCUT2D eigenvalue weighted by atomic mass is 16.2. The van der Waals surface area contributed by atoms with Crippen LogP contribution >= 0.6 is 0 Å². The predicted molar refractivity (Wildman–Crippen MR) is 85.7 cm³/mol. The lowest BCUT2D eigenvalue weighted by Gasteiger charge is -2.07. The normalized spacial score (nSPS) is 10.3. The van der Waals surface area contributed by atoms with Crippen LogP contribution in [0, 0.1) is 0 Å². The second-order valence-electron chi connectivity index (χ2n) is 5.28. The number of aryl methyl sites for hydroxylation is 1. The maximum absolute atomic E-state index is 12.1. The molecule has 4 heteroatoms. The first-order valence-electron chi connectivity index (χ1n) is 7.48. The molecule has 1 N–H and O–H groups in total. The number of nitrogens with zero attached hydrogens (tertiary/aromatic N) is 1. The van der Waals surface area contributed by atoms with Crippen LogP contribution in [0.25, 0.3) is 0 Å². The Kier molecular flexibility index (Phi) is 5.42. The van der Waals surface area contributed by atoms with Crippen LogP contribution in [0.2, 0.25) is 0 Å². The van der Waals surface area contributed by atoms with Crippen LogP contribution in [0.4, 0.5) is 5.69 Å². The number of pyridine rings is 1. The maximum atomic E-state index is 12.1. The van der Waals surface area contributed by atoms with Gasteiger partial charge in [-0.1, -0.05) is 25.5 Å². The van der Waals surface area contributed by atoms with Crippen molar-refractivity contribution < 1.29 is 14.2 Å². The summed E-state index contributed by atoms with van der Waals surface area (Å²) in [5, 5.41) is 2.80. The molecule has 0 saturated carbocycles. The van der Waals surface area contributed by atoms with Crippen LogP contribution in [-0.4, -0.2) is 11.7 Å². The summed E-state index contributed by atoms with van der Waals surface area (Å²) in [4.78, 5) is 23.7. The van der Waals surface area contributed by atoms with Crippen LogP contribution in [-0.2, 0) is 17.8 Å². The van der Waals surface area contributed by atoms with Crippen LogP contribution < -0.4 is 9.88 Å². The number of amides is 1. The Balaban J connectivity index is 2.02. The number of aromatic nitrogens is 1. The number of nitrogens with one attached hydrogen (secondary N) is 1. The van der Waals surface area contributed by atoms with E-state index in [0.717, 1.165) is 12.8 Å². The van der Waals surface area contributed by atoms with Crippen molar-refractivity contribution in [2.24, 2.45) is 0 Å². The molecule has 0 aliphatic heterocycles. The van der Waals surface area contributed by atoms with Crippen molar-refractivity contribution in [1.29, 1.82) is 0 Å². The minimum absolute atomic E-state index is 0.0625. The Morgan fingerprint density at radius 3 is 2.41 bits per heavy atom. The highest BCUT2D eigenvalue weighted by molar-refractivity contribution is 6.03. The van der Waals surface area contributed by atoms with Gasteiger partial charge in [-0.2, -0.15) is 4.57 Å². The largest absolute Gasteiger partial charge is 0.320 e. The third kappa shape index (κ3) is 4.25.